The van der Waals surface area contributed by atoms with Crippen molar-refractivity contribution in [1.29, 1.82) is 0 Å². The molecule has 4 rings (SSSR count). The summed E-state index contributed by atoms with van der Waals surface area (Å²) < 4.78 is 10.7. The van der Waals surface area contributed by atoms with E-state index in [1.807, 2.05) is 24.3 Å². The summed E-state index contributed by atoms with van der Waals surface area (Å²) in [7, 11) is 0. The molecule has 1 N–H and O–H groups in total. The second-order valence-corrected chi connectivity index (χ2v) is 7.86. The summed E-state index contributed by atoms with van der Waals surface area (Å²) in [6.45, 7) is 3.84. The van der Waals surface area contributed by atoms with Crippen LogP contribution in [0.1, 0.15) is 48.7 Å². The fourth-order valence-corrected chi connectivity index (χ4v) is 3.97. The molecule has 2 aromatic carbocycles. The van der Waals surface area contributed by atoms with Crippen molar-refractivity contribution in [3.63, 3.8) is 0 Å². The number of Topliss-reactive ketones (excluding diaryl/α,β-unsaturated/α-hetero) is 1. The van der Waals surface area contributed by atoms with Crippen molar-refractivity contribution in [3.05, 3.63) is 52.5 Å². The highest BCUT2D eigenvalue weighted by molar-refractivity contribution is 6.31. The molecule has 7 heteroatoms. The maximum absolute atomic E-state index is 12.9. The Morgan fingerprint density at radius 2 is 1.90 bits per heavy atom. The number of ketones is 1. The molecule has 152 valence electrons. The van der Waals surface area contributed by atoms with Gasteiger partial charge in [0, 0.05) is 28.7 Å². The Bertz CT molecular complexity index is 958. The minimum absolute atomic E-state index is 0.00554. The summed E-state index contributed by atoms with van der Waals surface area (Å²) in [5, 5.41) is 3.58. The Labute approximate surface area is 174 Å². The van der Waals surface area contributed by atoms with Gasteiger partial charge < -0.3 is 14.8 Å². The van der Waals surface area contributed by atoms with Gasteiger partial charge in [0.05, 0.1) is 12.2 Å². The summed E-state index contributed by atoms with van der Waals surface area (Å²) in [5.74, 6) is 0.702. The number of ether oxygens (including phenoxy) is 2. The lowest BCUT2D eigenvalue weighted by Crippen LogP contribution is -2.37. The van der Waals surface area contributed by atoms with Gasteiger partial charge >= 0.3 is 0 Å². The number of carbonyl (C=O) groups is 2. The van der Waals surface area contributed by atoms with E-state index in [4.69, 9.17) is 21.1 Å². The highest BCUT2D eigenvalue weighted by Gasteiger charge is 2.34. The maximum atomic E-state index is 12.9. The van der Waals surface area contributed by atoms with E-state index in [1.54, 1.807) is 12.1 Å². The summed E-state index contributed by atoms with van der Waals surface area (Å²) >= 11 is 6.37. The average molecular weight is 415 g/mol. The van der Waals surface area contributed by atoms with Gasteiger partial charge in [0.25, 0.3) is 0 Å². The van der Waals surface area contributed by atoms with Crippen molar-refractivity contribution in [2.45, 2.75) is 38.8 Å². The summed E-state index contributed by atoms with van der Waals surface area (Å²) in [4.78, 5) is 27.1. The van der Waals surface area contributed by atoms with Gasteiger partial charge in [0.2, 0.25) is 12.7 Å². The van der Waals surface area contributed by atoms with Crippen LogP contribution in [0.2, 0.25) is 5.02 Å². The van der Waals surface area contributed by atoms with Crippen molar-refractivity contribution < 1.29 is 19.1 Å². The van der Waals surface area contributed by atoms with Crippen molar-refractivity contribution in [1.82, 2.24) is 4.90 Å². The maximum Gasteiger partial charge on any atom is 0.238 e. The Morgan fingerprint density at radius 1 is 1.21 bits per heavy atom. The Morgan fingerprint density at radius 3 is 2.55 bits per heavy atom. The molecule has 0 radical (unpaired) electrons. The van der Waals surface area contributed by atoms with Crippen LogP contribution in [0.4, 0.5) is 5.69 Å². The fourth-order valence-electron chi connectivity index (χ4n) is 3.67. The lowest BCUT2D eigenvalue weighted by Gasteiger charge is -2.29. The Hall–Kier alpha value is -2.57. The lowest BCUT2D eigenvalue weighted by atomic mass is 10.1. The van der Waals surface area contributed by atoms with Crippen molar-refractivity contribution in [3.8, 4) is 11.5 Å². The molecule has 1 heterocycles. The molecule has 1 unspecified atom stereocenters. The number of nitrogens with one attached hydrogen (secondary N) is 1. The molecule has 6 nitrogen and oxygen atoms in total. The van der Waals surface area contributed by atoms with E-state index in [2.05, 4.69) is 17.1 Å². The molecular formula is C22H23ClN2O4. The molecule has 1 amide bonds. The fraction of sp³-hybridized carbons (Fsp3) is 0.364. The quantitative estimate of drug-likeness (QED) is 0.678. The monoisotopic (exact) mass is 414 g/mol. The molecule has 1 aliphatic heterocycles. The van der Waals surface area contributed by atoms with Crippen molar-refractivity contribution in [2.75, 3.05) is 18.7 Å². The second kappa shape index (κ2) is 8.05. The molecular weight excluding hydrogens is 392 g/mol. The van der Waals surface area contributed by atoms with Gasteiger partial charge in [-0.3, -0.25) is 14.5 Å². The third-order valence-electron chi connectivity index (χ3n) is 5.36. The van der Waals surface area contributed by atoms with E-state index < -0.39 is 0 Å². The van der Waals surface area contributed by atoms with Crippen LogP contribution in [0.25, 0.3) is 0 Å². The number of fused-ring (bicyclic) bond motifs is 1. The molecule has 2 aliphatic rings. The lowest BCUT2D eigenvalue weighted by molar-refractivity contribution is -0.118. The van der Waals surface area contributed by atoms with Crippen LogP contribution in [0.3, 0.4) is 0 Å². The number of anilines is 1. The number of hydrogen-bond donors (Lipinski definition) is 1. The number of hydrogen-bond acceptors (Lipinski definition) is 5. The largest absolute Gasteiger partial charge is 0.454 e. The van der Waals surface area contributed by atoms with E-state index in [0.717, 1.165) is 18.4 Å². The topological polar surface area (TPSA) is 67.9 Å². The molecule has 1 fully saturated rings. The number of rotatable bonds is 7. The molecule has 0 aromatic heterocycles. The highest BCUT2D eigenvalue weighted by Crippen LogP contribution is 2.38. The summed E-state index contributed by atoms with van der Waals surface area (Å²) in [6, 6.07) is 11.3. The molecule has 29 heavy (non-hydrogen) atoms. The van der Waals surface area contributed by atoms with Gasteiger partial charge in [-0.05, 0) is 44.4 Å². The molecule has 1 saturated carbocycles. The number of carbonyl (C=O) groups excluding carboxylic acids is 2. The summed E-state index contributed by atoms with van der Waals surface area (Å²) in [5.41, 5.74) is 1.84. The van der Waals surface area contributed by atoms with Crippen LogP contribution in [0.15, 0.2) is 36.4 Å². The molecule has 2 aromatic rings. The first-order chi connectivity index (χ1) is 13.9. The van der Waals surface area contributed by atoms with Crippen LogP contribution in [-0.2, 0) is 4.79 Å². The highest BCUT2D eigenvalue weighted by atomic mass is 35.5. The first kappa shape index (κ1) is 19.7. The number of nitrogens with zero attached hydrogens (tertiary/aromatic N) is 1. The number of halogens is 1. The van der Waals surface area contributed by atoms with E-state index in [1.165, 1.54) is 6.92 Å². The molecule has 1 aliphatic carbocycles. The minimum atomic E-state index is -0.183. The molecule has 0 bridgehead atoms. The third kappa shape index (κ3) is 4.23. The van der Waals surface area contributed by atoms with Crippen molar-refractivity contribution in [2.24, 2.45) is 0 Å². The standard InChI is InChI=1S/C22H23ClN2O4/c1-13(16-5-3-4-6-18(16)23)25(15-7-8-15)11-22(27)24-19-10-21-20(28-12-29-21)9-17(19)14(2)26/h3-6,9-10,13,15H,7-8,11-12H2,1-2H3,(H,24,27). The normalized spacial score (nSPS) is 16.0. The van der Waals surface area contributed by atoms with Gasteiger partial charge in [0.15, 0.2) is 17.3 Å². The molecule has 0 saturated heterocycles. The number of benzene rings is 2. The smallest absolute Gasteiger partial charge is 0.238 e. The first-order valence-corrected chi connectivity index (χ1v) is 10.1. The predicted molar refractivity (Wildman–Crippen MR) is 111 cm³/mol. The zero-order valence-corrected chi connectivity index (χ0v) is 17.2. The average Bonchev–Trinajstić information content (AvgIpc) is 3.43. The first-order valence-electron chi connectivity index (χ1n) is 9.68. The molecule has 0 spiro atoms. The van der Waals surface area contributed by atoms with E-state index in [-0.39, 0.29) is 31.1 Å². The minimum Gasteiger partial charge on any atom is -0.454 e. The van der Waals surface area contributed by atoms with Crippen LogP contribution < -0.4 is 14.8 Å². The van der Waals surface area contributed by atoms with Crippen LogP contribution in [-0.4, -0.2) is 36.0 Å². The van der Waals surface area contributed by atoms with Crippen LogP contribution >= 0.6 is 11.6 Å². The third-order valence-corrected chi connectivity index (χ3v) is 5.71. The van der Waals surface area contributed by atoms with Crippen LogP contribution in [0, 0.1) is 0 Å². The van der Waals surface area contributed by atoms with Gasteiger partial charge in [-0.2, -0.15) is 0 Å². The SMILES string of the molecule is CC(=O)c1cc2c(cc1NC(=O)CN(C1CC1)C(C)c1ccccc1Cl)OCO2. The zero-order valence-electron chi connectivity index (χ0n) is 16.4. The zero-order chi connectivity index (χ0) is 20.5. The molecule has 1 atom stereocenters. The summed E-state index contributed by atoms with van der Waals surface area (Å²) in [6.07, 6.45) is 2.12. The predicted octanol–water partition coefficient (Wildman–Crippen LogP) is 4.44. The van der Waals surface area contributed by atoms with Crippen molar-refractivity contribution >= 4 is 29.0 Å². The second-order valence-electron chi connectivity index (χ2n) is 7.46. The Balaban J connectivity index is 1.53. The van der Waals surface area contributed by atoms with E-state index >= 15 is 0 Å². The van der Waals surface area contributed by atoms with Gasteiger partial charge in [0.1, 0.15) is 0 Å². The van der Waals surface area contributed by atoms with E-state index in [9.17, 15) is 9.59 Å². The van der Waals surface area contributed by atoms with Crippen LogP contribution in [0.5, 0.6) is 11.5 Å². The van der Waals surface area contributed by atoms with Gasteiger partial charge in [-0.1, -0.05) is 29.8 Å². The number of amides is 1. The Kier molecular flexibility index (Phi) is 5.48. The van der Waals surface area contributed by atoms with Gasteiger partial charge in [-0.15, -0.1) is 0 Å². The van der Waals surface area contributed by atoms with Gasteiger partial charge in [-0.25, -0.2) is 0 Å². The van der Waals surface area contributed by atoms with E-state index in [0.29, 0.717) is 33.8 Å².